The van der Waals surface area contributed by atoms with E-state index in [1.54, 1.807) is 0 Å². The van der Waals surface area contributed by atoms with Gasteiger partial charge in [-0.1, -0.05) is 22.9 Å². The van der Waals surface area contributed by atoms with Gasteiger partial charge < -0.3 is 10.4 Å². The SMILES string of the molecule is C[C@@H](CCO)Nc1nc(Cl)c(C#N)s1. The minimum absolute atomic E-state index is 0.119. The highest BCUT2D eigenvalue weighted by atomic mass is 35.5. The van der Waals surface area contributed by atoms with Crippen molar-refractivity contribution in [3.8, 4) is 6.07 Å². The summed E-state index contributed by atoms with van der Waals surface area (Å²) in [7, 11) is 0. The molecule has 0 spiro atoms. The van der Waals surface area contributed by atoms with Gasteiger partial charge in [0.15, 0.2) is 10.3 Å². The van der Waals surface area contributed by atoms with E-state index in [1.807, 2.05) is 13.0 Å². The van der Waals surface area contributed by atoms with Crippen LogP contribution >= 0.6 is 22.9 Å². The number of aromatic nitrogens is 1. The van der Waals surface area contributed by atoms with Gasteiger partial charge in [-0.15, -0.1) is 0 Å². The van der Waals surface area contributed by atoms with Gasteiger partial charge in [0.1, 0.15) is 10.9 Å². The monoisotopic (exact) mass is 231 g/mol. The molecule has 0 saturated heterocycles. The zero-order valence-electron chi connectivity index (χ0n) is 7.62. The number of nitrogens with zero attached hydrogens (tertiary/aromatic N) is 2. The molecule has 6 heteroatoms. The lowest BCUT2D eigenvalue weighted by atomic mass is 10.2. The van der Waals surface area contributed by atoms with Crippen molar-refractivity contribution >= 4 is 28.1 Å². The molecule has 0 aromatic carbocycles. The molecule has 0 saturated carbocycles. The molecule has 4 nitrogen and oxygen atoms in total. The first kappa shape index (κ1) is 11.2. The first-order chi connectivity index (χ1) is 6.67. The average molecular weight is 232 g/mol. The number of halogens is 1. The summed E-state index contributed by atoms with van der Waals surface area (Å²) in [6.07, 6.45) is 0.638. The summed E-state index contributed by atoms with van der Waals surface area (Å²) in [5.74, 6) is 0. The van der Waals surface area contributed by atoms with Crippen molar-refractivity contribution in [2.24, 2.45) is 0 Å². The van der Waals surface area contributed by atoms with Crippen molar-refractivity contribution < 1.29 is 5.11 Å². The van der Waals surface area contributed by atoms with Gasteiger partial charge in [0, 0.05) is 12.6 Å². The van der Waals surface area contributed by atoms with E-state index in [4.69, 9.17) is 22.0 Å². The van der Waals surface area contributed by atoms with Gasteiger partial charge in [0.05, 0.1) is 0 Å². The van der Waals surface area contributed by atoms with Gasteiger partial charge in [-0.05, 0) is 13.3 Å². The Bertz CT molecular complexity index is 347. The third-order valence-electron chi connectivity index (χ3n) is 1.62. The van der Waals surface area contributed by atoms with Crippen LogP contribution in [-0.4, -0.2) is 22.7 Å². The molecule has 1 rings (SSSR count). The maximum Gasteiger partial charge on any atom is 0.185 e. The fourth-order valence-corrected chi connectivity index (χ4v) is 1.97. The molecule has 0 aliphatic carbocycles. The minimum Gasteiger partial charge on any atom is -0.396 e. The van der Waals surface area contributed by atoms with E-state index in [2.05, 4.69) is 10.3 Å². The van der Waals surface area contributed by atoms with Crippen LogP contribution in [0.25, 0.3) is 0 Å². The van der Waals surface area contributed by atoms with Gasteiger partial charge in [-0.3, -0.25) is 0 Å². The Labute approximate surface area is 91.2 Å². The van der Waals surface area contributed by atoms with Gasteiger partial charge in [-0.25, -0.2) is 4.98 Å². The zero-order chi connectivity index (χ0) is 10.6. The van der Waals surface area contributed by atoms with Crippen LogP contribution in [0, 0.1) is 11.3 Å². The Kier molecular flexibility index (Phi) is 4.14. The number of hydrogen-bond acceptors (Lipinski definition) is 5. The smallest absolute Gasteiger partial charge is 0.185 e. The van der Waals surface area contributed by atoms with Crippen LogP contribution in [0.5, 0.6) is 0 Å². The summed E-state index contributed by atoms with van der Waals surface area (Å²) in [6, 6.07) is 2.07. The van der Waals surface area contributed by atoms with Crippen LogP contribution in [0.2, 0.25) is 5.15 Å². The number of aliphatic hydroxyl groups is 1. The van der Waals surface area contributed by atoms with Crippen molar-refractivity contribution in [1.29, 1.82) is 5.26 Å². The first-order valence-corrected chi connectivity index (χ1v) is 5.30. The molecular weight excluding hydrogens is 222 g/mol. The molecule has 0 unspecified atom stereocenters. The van der Waals surface area contributed by atoms with Crippen molar-refractivity contribution in [1.82, 2.24) is 4.98 Å². The highest BCUT2D eigenvalue weighted by Gasteiger charge is 2.10. The maximum absolute atomic E-state index is 8.69. The number of nitriles is 1. The highest BCUT2D eigenvalue weighted by molar-refractivity contribution is 7.16. The Morgan fingerprint density at radius 2 is 2.50 bits per heavy atom. The molecule has 1 aromatic heterocycles. The standard InChI is InChI=1S/C8H10ClN3OS/c1-5(2-3-13)11-8-12-7(9)6(4-10)14-8/h5,13H,2-3H2,1H3,(H,11,12)/t5-/m0/s1. The van der Waals surface area contributed by atoms with Gasteiger partial charge in [-0.2, -0.15) is 5.26 Å². The number of hydrogen-bond donors (Lipinski definition) is 2. The van der Waals surface area contributed by atoms with E-state index in [0.717, 1.165) is 0 Å². The van der Waals surface area contributed by atoms with Gasteiger partial charge in [0.2, 0.25) is 0 Å². The van der Waals surface area contributed by atoms with E-state index in [9.17, 15) is 0 Å². The number of nitrogens with one attached hydrogen (secondary N) is 1. The van der Waals surface area contributed by atoms with Gasteiger partial charge in [0.25, 0.3) is 0 Å². The molecule has 76 valence electrons. The van der Waals surface area contributed by atoms with Crippen molar-refractivity contribution in [3.05, 3.63) is 10.0 Å². The predicted octanol–water partition coefficient (Wildman–Crippen LogP) is 1.85. The Morgan fingerprint density at radius 3 is 3.00 bits per heavy atom. The third kappa shape index (κ3) is 2.84. The van der Waals surface area contributed by atoms with E-state index in [1.165, 1.54) is 11.3 Å². The molecule has 0 fully saturated rings. The summed E-state index contributed by atoms with van der Waals surface area (Å²) in [6.45, 7) is 2.05. The van der Waals surface area contributed by atoms with E-state index >= 15 is 0 Å². The minimum atomic E-state index is 0.119. The molecule has 0 aliphatic heterocycles. The Balaban J connectivity index is 2.64. The second-order valence-electron chi connectivity index (χ2n) is 2.81. The van der Waals surface area contributed by atoms with Crippen molar-refractivity contribution in [2.75, 3.05) is 11.9 Å². The molecule has 0 aliphatic rings. The second kappa shape index (κ2) is 5.15. The quantitative estimate of drug-likeness (QED) is 0.830. The van der Waals surface area contributed by atoms with E-state index in [0.29, 0.717) is 16.4 Å². The molecule has 1 heterocycles. The summed E-state index contributed by atoms with van der Waals surface area (Å²) >= 11 is 6.91. The number of rotatable bonds is 4. The lowest BCUT2D eigenvalue weighted by molar-refractivity contribution is 0.282. The maximum atomic E-state index is 8.69. The van der Waals surface area contributed by atoms with Crippen LogP contribution in [-0.2, 0) is 0 Å². The van der Waals surface area contributed by atoms with E-state index < -0.39 is 0 Å². The normalized spacial score (nSPS) is 12.1. The zero-order valence-corrected chi connectivity index (χ0v) is 9.19. The summed E-state index contributed by atoms with van der Waals surface area (Å²) < 4.78 is 0. The second-order valence-corrected chi connectivity index (χ2v) is 4.17. The molecular formula is C8H10ClN3OS. The molecule has 0 bridgehead atoms. The molecule has 14 heavy (non-hydrogen) atoms. The van der Waals surface area contributed by atoms with Crippen LogP contribution in [0.1, 0.15) is 18.2 Å². The van der Waals surface area contributed by atoms with Crippen LogP contribution in [0.4, 0.5) is 5.13 Å². The van der Waals surface area contributed by atoms with Crippen molar-refractivity contribution in [2.45, 2.75) is 19.4 Å². The number of aliphatic hydroxyl groups excluding tert-OH is 1. The highest BCUT2D eigenvalue weighted by Crippen LogP contribution is 2.26. The number of anilines is 1. The molecule has 2 N–H and O–H groups in total. The Hall–Kier alpha value is -0.830. The van der Waals surface area contributed by atoms with Crippen molar-refractivity contribution in [3.63, 3.8) is 0 Å². The summed E-state index contributed by atoms with van der Waals surface area (Å²) in [5.41, 5.74) is 0. The predicted molar refractivity (Wildman–Crippen MR) is 56.6 cm³/mol. The van der Waals surface area contributed by atoms with Crippen LogP contribution in [0.15, 0.2) is 0 Å². The van der Waals surface area contributed by atoms with Gasteiger partial charge >= 0.3 is 0 Å². The van der Waals surface area contributed by atoms with Crippen LogP contribution in [0.3, 0.4) is 0 Å². The van der Waals surface area contributed by atoms with Crippen LogP contribution < -0.4 is 5.32 Å². The van der Waals surface area contributed by atoms with E-state index in [-0.39, 0.29) is 17.8 Å². The fourth-order valence-electron chi connectivity index (χ4n) is 0.909. The lowest BCUT2D eigenvalue weighted by Gasteiger charge is -2.09. The summed E-state index contributed by atoms with van der Waals surface area (Å²) in [5, 5.41) is 21.2. The molecule has 0 radical (unpaired) electrons. The lowest BCUT2D eigenvalue weighted by Crippen LogP contribution is -2.16. The molecule has 1 atom stereocenters. The largest absolute Gasteiger partial charge is 0.396 e. The number of thiazole rings is 1. The first-order valence-electron chi connectivity index (χ1n) is 4.11. The summed E-state index contributed by atoms with van der Waals surface area (Å²) in [4.78, 5) is 4.38. The molecule has 1 aromatic rings. The third-order valence-corrected chi connectivity index (χ3v) is 2.90. The molecule has 0 amide bonds. The topological polar surface area (TPSA) is 68.9 Å². The Morgan fingerprint density at radius 1 is 1.79 bits per heavy atom. The average Bonchev–Trinajstić information content (AvgIpc) is 2.46. The fraction of sp³-hybridized carbons (Fsp3) is 0.500.